The van der Waals surface area contributed by atoms with Gasteiger partial charge >= 0.3 is 5.97 Å². The van der Waals surface area contributed by atoms with E-state index in [1.807, 2.05) is 0 Å². The minimum absolute atomic E-state index is 0.215. The molecular formula is C15H24N2O2. The van der Waals surface area contributed by atoms with E-state index in [0.717, 1.165) is 12.2 Å². The molecule has 1 aromatic carbocycles. The first-order chi connectivity index (χ1) is 8.82. The molecule has 1 aromatic rings. The Bertz CT molecular complexity index is 434. The zero-order valence-electron chi connectivity index (χ0n) is 12.1. The van der Waals surface area contributed by atoms with E-state index in [2.05, 4.69) is 33.0 Å². The molecule has 0 saturated heterocycles. The van der Waals surface area contributed by atoms with Crippen LogP contribution in [0, 0.1) is 17.8 Å². The Kier molecular flexibility index (Phi) is 5.21. The van der Waals surface area contributed by atoms with Gasteiger partial charge in [-0.1, -0.05) is 27.7 Å². The van der Waals surface area contributed by atoms with E-state index in [9.17, 15) is 4.79 Å². The summed E-state index contributed by atoms with van der Waals surface area (Å²) < 4.78 is 0. The number of carboxylic acid groups (broad SMARTS) is 1. The van der Waals surface area contributed by atoms with Crippen LogP contribution in [0.5, 0.6) is 0 Å². The minimum Gasteiger partial charge on any atom is -0.478 e. The van der Waals surface area contributed by atoms with Crippen molar-refractivity contribution in [1.29, 1.82) is 0 Å². The van der Waals surface area contributed by atoms with Crippen molar-refractivity contribution in [3.63, 3.8) is 0 Å². The van der Waals surface area contributed by atoms with Gasteiger partial charge < -0.3 is 16.2 Å². The molecule has 0 radical (unpaired) electrons. The zero-order valence-corrected chi connectivity index (χ0v) is 12.1. The molecule has 0 bridgehead atoms. The van der Waals surface area contributed by atoms with Crippen molar-refractivity contribution in [3.05, 3.63) is 23.8 Å². The van der Waals surface area contributed by atoms with Gasteiger partial charge in [0.15, 0.2) is 0 Å². The third-order valence-electron chi connectivity index (χ3n) is 3.54. The van der Waals surface area contributed by atoms with E-state index in [4.69, 9.17) is 10.8 Å². The van der Waals surface area contributed by atoms with Gasteiger partial charge in [-0.05, 0) is 36.0 Å². The van der Waals surface area contributed by atoms with Crippen LogP contribution in [0.3, 0.4) is 0 Å². The van der Waals surface area contributed by atoms with Gasteiger partial charge in [0.25, 0.3) is 0 Å². The number of rotatable bonds is 6. The molecule has 0 aromatic heterocycles. The maximum absolute atomic E-state index is 10.8. The van der Waals surface area contributed by atoms with Crippen LogP contribution >= 0.6 is 0 Å². The van der Waals surface area contributed by atoms with Crippen molar-refractivity contribution < 1.29 is 9.90 Å². The van der Waals surface area contributed by atoms with Crippen LogP contribution in [0.4, 0.5) is 11.4 Å². The Morgan fingerprint density at radius 3 is 2.26 bits per heavy atom. The van der Waals surface area contributed by atoms with Crippen LogP contribution in [0.2, 0.25) is 0 Å². The first-order valence-electron chi connectivity index (χ1n) is 6.69. The third kappa shape index (κ3) is 4.16. The van der Waals surface area contributed by atoms with Crippen LogP contribution in [-0.4, -0.2) is 17.6 Å². The summed E-state index contributed by atoms with van der Waals surface area (Å²) in [6.07, 6.45) is 0. The van der Waals surface area contributed by atoms with Gasteiger partial charge in [0.2, 0.25) is 0 Å². The highest BCUT2D eigenvalue weighted by Crippen LogP contribution is 2.24. The van der Waals surface area contributed by atoms with E-state index < -0.39 is 5.97 Å². The molecule has 0 atom stereocenters. The third-order valence-corrected chi connectivity index (χ3v) is 3.54. The lowest BCUT2D eigenvalue weighted by Crippen LogP contribution is -2.24. The number of nitrogen functional groups attached to an aromatic ring is 1. The average Bonchev–Trinajstić information content (AvgIpc) is 2.29. The monoisotopic (exact) mass is 264 g/mol. The summed E-state index contributed by atoms with van der Waals surface area (Å²) in [5.41, 5.74) is 7.37. The number of carbonyl (C=O) groups is 1. The van der Waals surface area contributed by atoms with Crippen molar-refractivity contribution in [2.75, 3.05) is 17.6 Å². The van der Waals surface area contributed by atoms with Gasteiger partial charge in [0.05, 0.1) is 16.9 Å². The smallest absolute Gasteiger partial charge is 0.335 e. The Morgan fingerprint density at radius 1 is 1.26 bits per heavy atom. The number of nitrogens with two attached hydrogens (primary N) is 1. The molecule has 1 rings (SSSR count). The molecule has 0 unspecified atom stereocenters. The number of hydrogen-bond acceptors (Lipinski definition) is 3. The lowest BCUT2D eigenvalue weighted by molar-refractivity contribution is 0.0697. The number of aromatic carboxylic acids is 1. The zero-order chi connectivity index (χ0) is 14.6. The lowest BCUT2D eigenvalue weighted by Gasteiger charge is -2.26. The number of carboxylic acids is 1. The van der Waals surface area contributed by atoms with Gasteiger partial charge in [0, 0.05) is 6.54 Å². The fourth-order valence-corrected chi connectivity index (χ4v) is 2.33. The molecule has 106 valence electrons. The first kappa shape index (κ1) is 15.3. The molecule has 4 N–H and O–H groups in total. The molecule has 19 heavy (non-hydrogen) atoms. The van der Waals surface area contributed by atoms with E-state index >= 15 is 0 Å². The summed E-state index contributed by atoms with van der Waals surface area (Å²) in [6.45, 7) is 9.69. The van der Waals surface area contributed by atoms with Crippen molar-refractivity contribution in [1.82, 2.24) is 0 Å². The highest BCUT2D eigenvalue weighted by molar-refractivity contribution is 5.90. The normalized spacial score (nSPS) is 11.3. The molecule has 0 aliphatic carbocycles. The quantitative estimate of drug-likeness (QED) is 0.689. The Balaban J connectivity index is 2.75. The molecule has 0 saturated carbocycles. The minimum atomic E-state index is -0.958. The standard InChI is InChI=1S/C15H24N2O2/c1-9(2)12(10(3)4)8-17-14-6-5-11(15(18)19)7-13(14)16/h5-7,9-10,12,17H,8,16H2,1-4H3,(H,18,19). The summed E-state index contributed by atoms with van der Waals surface area (Å²) in [4.78, 5) is 10.8. The Morgan fingerprint density at radius 2 is 1.84 bits per heavy atom. The largest absolute Gasteiger partial charge is 0.478 e. The molecule has 0 amide bonds. The summed E-state index contributed by atoms with van der Waals surface area (Å²) in [6, 6.07) is 4.79. The summed E-state index contributed by atoms with van der Waals surface area (Å²) in [5.74, 6) is 0.776. The number of benzene rings is 1. The van der Waals surface area contributed by atoms with Gasteiger partial charge in [-0.3, -0.25) is 0 Å². The van der Waals surface area contributed by atoms with Crippen molar-refractivity contribution in [2.45, 2.75) is 27.7 Å². The topological polar surface area (TPSA) is 75.3 Å². The SMILES string of the molecule is CC(C)C(CNc1ccc(C(=O)O)cc1N)C(C)C. The van der Waals surface area contributed by atoms with Crippen LogP contribution in [0.1, 0.15) is 38.1 Å². The van der Waals surface area contributed by atoms with Gasteiger partial charge in [-0.15, -0.1) is 0 Å². The van der Waals surface area contributed by atoms with E-state index in [0.29, 0.717) is 23.4 Å². The predicted molar refractivity (Wildman–Crippen MR) is 79.5 cm³/mol. The second-order valence-electron chi connectivity index (χ2n) is 5.64. The Labute approximate surface area is 115 Å². The molecular weight excluding hydrogens is 240 g/mol. The molecule has 4 nitrogen and oxygen atoms in total. The molecule has 0 aliphatic rings. The van der Waals surface area contributed by atoms with Crippen molar-refractivity contribution in [2.24, 2.45) is 17.8 Å². The second-order valence-corrected chi connectivity index (χ2v) is 5.64. The molecule has 0 aliphatic heterocycles. The fourth-order valence-electron chi connectivity index (χ4n) is 2.33. The van der Waals surface area contributed by atoms with Crippen LogP contribution in [0.15, 0.2) is 18.2 Å². The average molecular weight is 264 g/mol. The highest BCUT2D eigenvalue weighted by Gasteiger charge is 2.17. The van der Waals surface area contributed by atoms with Crippen LogP contribution in [0.25, 0.3) is 0 Å². The van der Waals surface area contributed by atoms with Crippen LogP contribution in [-0.2, 0) is 0 Å². The second kappa shape index (κ2) is 6.45. The molecule has 0 spiro atoms. The summed E-state index contributed by atoms with van der Waals surface area (Å²) in [7, 11) is 0. The highest BCUT2D eigenvalue weighted by atomic mass is 16.4. The molecule has 4 heteroatoms. The Hall–Kier alpha value is -1.71. The fraction of sp³-hybridized carbons (Fsp3) is 0.533. The van der Waals surface area contributed by atoms with Gasteiger partial charge in [-0.2, -0.15) is 0 Å². The number of anilines is 2. The number of hydrogen-bond donors (Lipinski definition) is 3. The molecule has 0 fully saturated rings. The van der Waals surface area contributed by atoms with E-state index in [-0.39, 0.29) is 5.56 Å². The summed E-state index contributed by atoms with van der Waals surface area (Å²) >= 11 is 0. The maximum atomic E-state index is 10.8. The van der Waals surface area contributed by atoms with E-state index in [1.165, 1.54) is 6.07 Å². The van der Waals surface area contributed by atoms with Gasteiger partial charge in [0.1, 0.15) is 0 Å². The van der Waals surface area contributed by atoms with Crippen LogP contribution < -0.4 is 11.1 Å². The summed E-state index contributed by atoms with van der Waals surface area (Å²) in [5, 5.41) is 12.2. The van der Waals surface area contributed by atoms with Gasteiger partial charge in [-0.25, -0.2) is 4.79 Å². The lowest BCUT2D eigenvalue weighted by atomic mass is 9.85. The molecule has 0 heterocycles. The van der Waals surface area contributed by atoms with Crippen molar-refractivity contribution >= 4 is 17.3 Å². The maximum Gasteiger partial charge on any atom is 0.335 e. The predicted octanol–water partition coefficient (Wildman–Crippen LogP) is 3.31. The number of nitrogens with one attached hydrogen (secondary N) is 1. The van der Waals surface area contributed by atoms with E-state index in [1.54, 1.807) is 12.1 Å². The first-order valence-corrected chi connectivity index (χ1v) is 6.69. The van der Waals surface area contributed by atoms with Crippen molar-refractivity contribution in [3.8, 4) is 0 Å².